The first-order chi connectivity index (χ1) is 3.88. The molecule has 1 N–H and O–H groups in total. The second kappa shape index (κ2) is 2.46. The summed E-state index contributed by atoms with van der Waals surface area (Å²) in [5, 5.41) is 8.45. The lowest BCUT2D eigenvalue weighted by Gasteiger charge is -1.95. The van der Waals surface area contributed by atoms with Crippen LogP contribution in [-0.2, 0) is 0 Å². The molecular formula is C6H13NO. The number of aliphatic hydroxyl groups excluding tert-OH is 1. The van der Waals surface area contributed by atoms with Gasteiger partial charge < -0.3 is 5.11 Å². The quantitative estimate of drug-likeness (QED) is 0.526. The van der Waals surface area contributed by atoms with Crippen LogP contribution in [-0.4, -0.2) is 35.7 Å². The van der Waals surface area contributed by atoms with Crippen molar-refractivity contribution >= 4 is 0 Å². The fourth-order valence-electron chi connectivity index (χ4n) is 1.01. The molecule has 2 unspecified atom stereocenters. The van der Waals surface area contributed by atoms with Gasteiger partial charge in [0.1, 0.15) is 0 Å². The Morgan fingerprint density at radius 1 is 1.75 bits per heavy atom. The number of rotatable bonds is 3. The number of hydrogen-bond donors (Lipinski definition) is 1. The molecule has 0 saturated carbocycles. The van der Waals surface area contributed by atoms with Gasteiger partial charge in [0.15, 0.2) is 0 Å². The van der Waals surface area contributed by atoms with Gasteiger partial charge in [-0.05, 0) is 6.42 Å². The molecule has 1 heterocycles. The van der Waals surface area contributed by atoms with Crippen molar-refractivity contribution in [1.29, 1.82) is 0 Å². The van der Waals surface area contributed by atoms with Gasteiger partial charge in [0, 0.05) is 19.1 Å². The molecule has 2 heteroatoms. The average Bonchev–Trinajstić information content (AvgIpc) is 2.48. The molecule has 0 aliphatic carbocycles. The van der Waals surface area contributed by atoms with E-state index in [1.54, 1.807) is 0 Å². The molecule has 2 atom stereocenters. The van der Waals surface area contributed by atoms with Crippen LogP contribution >= 0.6 is 0 Å². The normalized spacial score (nSPS) is 35.2. The summed E-state index contributed by atoms with van der Waals surface area (Å²) >= 11 is 0. The van der Waals surface area contributed by atoms with Crippen molar-refractivity contribution in [3.05, 3.63) is 0 Å². The molecule has 0 aromatic rings. The molecule has 8 heavy (non-hydrogen) atoms. The van der Waals surface area contributed by atoms with Gasteiger partial charge in [-0.3, -0.25) is 4.90 Å². The maximum atomic E-state index is 8.45. The minimum absolute atomic E-state index is 0.316. The van der Waals surface area contributed by atoms with Crippen LogP contribution in [0.5, 0.6) is 0 Å². The van der Waals surface area contributed by atoms with Crippen molar-refractivity contribution in [3.8, 4) is 0 Å². The highest BCUT2D eigenvalue weighted by molar-refractivity contribution is 4.86. The second-order valence-electron chi connectivity index (χ2n) is 2.28. The van der Waals surface area contributed by atoms with Gasteiger partial charge in [0.05, 0.1) is 6.61 Å². The van der Waals surface area contributed by atoms with Crippen LogP contribution in [0.2, 0.25) is 0 Å². The standard InChI is InChI=1S/C6H13NO/c1-2-6-5-7(6)3-4-8/h6,8H,2-5H2,1H3. The van der Waals surface area contributed by atoms with Crippen LogP contribution < -0.4 is 0 Å². The molecule has 1 aliphatic heterocycles. The summed E-state index contributed by atoms with van der Waals surface area (Å²) in [6, 6.07) is 0.794. The molecule has 1 rings (SSSR count). The largest absolute Gasteiger partial charge is 0.395 e. The zero-order valence-corrected chi connectivity index (χ0v) is 5.30. The summed E-state index contributed by atoms with van der Waals surface area (Å²) in [6.45, 7) is 4.58. The van der Waals surface area contributed by atoms with Gasteiger partial charge in [0.2, 0.25) is 0 Å². The number of β-amino-alcohol motifs (C(OH)–C–C–N with tert-alkyl or cyclic N) is 1. The summed E-state index contributed by atoms with van der Waals surface area (Å²) in [5.41, 5.74) is 0. The van der Waals surface area contributed by atoms with Crippen molar-refractivity contribution in [2.45, 2.75) is 19.4 Å². The fourth-order valence-corrected chi connectivity index (χ4v) is 1.01. The van der Waals surface area contributed by atoms with Crippen molar-refractivity contribution in [1.82, 2.24) is 4.90 Å². The molecule has 0 aromatic carbocycles. The average molecular weight is 115 g/mol. The minimum atomic E-state index is 0.316. The lowest BCUT2D eigenvalue weighted by molar-refractivity contribution is 0.264. The topological polar surface area (TPSA) is 23.2 Å². The Bertz CT molecular complexity index is 74.9. The predicted molar refractivity (Wildman–Crippen MR) is 32.7 cm³/mol. The third kappa shape index (κ3) is 1.20. The zero-order chi connectivity index (χ0) is 5.98. The highest BCUT2D eigenvalue weighted by atomic mass is 16.3. The number of hydrogen-bond acceptors (Lipinski definition) is 2. The summed E-state index contributed by atoms with van der Waals surface area (Å²) in [5.74, 6) is 0. The van der Waals surface area contributed by atoms with Crippen LogP contribution in [0.1, 0.15) is 13.3 Å². The van der Waals surface area contributed by atoms with Crippen LogP contribution in [0.15, 0.2) is 0 Å². The van der Waals surface area contributed by atoms with Gasteiger partial charge in [-0.2, -0.15) is 0 Å². The Labute approximate surface area is 50.1 Å². The highest BCUT2D eigenvalue weighted by Crippen LogP contribution is 2.18. The van der Waals surface area contributed by atoms with E-state index in [0.717, 1.165) is 12.6 Å². The van der Waals surface area contributed by atoms with Gasteiger partial charge in [-0.1, -0.05) is 6.92 Å². The first-order valence-corrected chi connectivity index (χ1v) is 3.23. The fraction of sp³-hybridized carbons (Fsp3) is 1.00. The molecule has 0 radical (unpaired) electrons. The van der Waals surface area contributed by atoms with E-state index in [9.17, 15) is 0 Å². The molecule has 0 bridgehead atoms. The maximum absolute atomic E-state index is 8.45. The monoisotopic (exact) mass is 115 g/mol. The predicted octanol–water partition coefficient (Wildman–Crippen LogP) is 0.0729. The molecule has 0 spiro atoms. The number of nitrogens with zero attached hydrogens (tertiary/aromatic N) is 1. The summed E-state index contributed by atoms with van der Waals surface area (Å²) in [6.07, 6.45) is 1.24. The Kier molecular flexibility index (Phi) is 1.86. The van der Waals surface area contributed by atoms with E-state index < -0.39 is 0 Å². The van der Waals surface area contributed by atoms with Crippen LogP contribution in [0.3, 0.4) is 0 Å². The number of aliphatic hydroxyl groups is 1. The van der Waals surface area contributed by atoms with Gasteiger partial charge in [-0.15, -0.1) is 0 Å². The summed E-state index contributed by atoms with van der Waals surface area (Å²) in [4.78, 5) is 2.28. The van der Waals surface area contributed by atoms with Gasteiger partial charge in [-0.25, -0.2) is 0 Å². The second-order valence-corrected chi connectivity index (χ2v) is 2.28. The Balaban J connectivity index is 1.99. The first-order valence-electron chi connectivity index (χ1n) is 3.23. The van der Waals surface area contributed by atoms with Crippen LogP contribution in [0, 0.1) is 0 Å². The lowest BCUT2D eigenvalue weighted by atomic mass is 10.4. The lowest BCUT2D eigenvalue weighted by Crippen LogP contribution is -2.06. The first kappa shape index (κ1) is 6.05. The SMILES string of the molecule is CCC1CN1CCO. The molecule has 0 amide bonds. The van der Waals surface area contributed by atoms with E-state index >= 15 is 0 Å². The minimum Gasteiger partial charge on any atom is -0.395 e. The van der Waals surface area contributed by atoms with Crippen molar-refractivity contribution in [3.63, 3.8) is 0 Å². The van der Waals surface area contributed by atoms with Crippen LogP contribution in [0.25, 0.3) is 0 Å². The molecule has 48 valence electrons. The summed E-state index contributed by atoms with van der Waals surface area (Å²) in [7, 11) is 0. The molecule has 2 nitrogen and oxygen atoms in total. The summed E-state index contributed by atoms with van der Waals surface area (Å²) < 4.78 is 0. The van der Waals surface area contributed by atoms with E-state index in [4.69, 9.17) is 5.11 Å². The highest BCUT2D eigenvalue weighted by Gasteiger charge is 2.30. The van der Waals surface area contributed by atoms with E-state index in [-0.39, 0.29) is 0 Å². The van der Waals surface area contributed by atoms with Gasteiger partial charge in [0.25, 0.3) is 0 Å². The van der Waals surface area contributed by atoms with Crippen molar-refractivity contribution < 1.29 is 5.11 Å². The Morgan fingerprint density at radius 3 is 2.88 bits per heavy atom. The van der Waals surface area contributed by atoms with E-state index in [2.05, 4.69) is 11.8 Å². The molecule has 1 saturated heterocycles. The van der Waals surface area contributed by atoms with Crippen molar-refractivity contribution in [2.75, 3.05) is 19.7 Å². The Hall–Kier alpha value is -0.0800. The Morgan fingerprint density at radius 2 is 2.50 bits per heavy atom. The third-order valence-corrected chi connectivity index (χ3v) is 1.69. The van der Waals surface area contributed by atoms with Crippen molar-refractivity contribution in [2.24, 2.45) is 0 Å². The van der Waals surface area contributed by atoms with Crippen LogP contribution in [0.4, 0.5) is 0 Å². The molecular weight excluding hydrogens is 102 g/mol. The maximum Gasteiger partial charge on any atom is 0.0558 e. The smallest absolute Gasteiger partial charge is 0.0558 e. The van der Waals surface area contributed by atoms with E-state index in [1.807, 2.05) is 0 Å². The van der Waals surface area contributed by atoms with Gasteiger partial charge >= 0.3 is 0 Å². The molecule has 1 fully saturated rings. The van der Waals surface area contributed by atoms with E-state index in [1.165, 1.54) is 13.0 Å². The zero-order valence-electron chi connectivity index (χ0n) is 5.30. The molecule has 1 aliphatic rings. The third-order valence-electron chi connectivity index (χ3n) is 1.69. The van der Waals surface area contributed by atoms with E-state index in [0.29, 0.717) is 6.61 Å². The molecule has 0 aromatic heterocycles.